The van der Waals surface area contributed by atoms with Crippen molar-refractivity contribution < 1.29 is 9.47 Å². The van der Waals surface area contributed by atoms with Crippen molar-refractivity contribution >= 4 is 0 Å². The van der Waals surface area contributed by atoms with Gasteiger partial charge in [-0.1, -0.05) is 18.2 Å². The van der Waals surface area contributed by atoms with Crippen LogP contribution in [0.4, 0.5) is 0 Å². The molecule has 2 rings (SSSR count). The quantitative estimate of drug-likeness (QED) is 0.609. The lowest BCUT2D eigenvalue weighted by atomic mass is 9.99. The van der Waals surface area contributed by atoms with Gasteiger partial charge in [-0.2, -0.15) is 0 Å². The van der Waals surface area contributed by atoms with E-state index < -0.39 is 0 Å². The molecule has 2 unspecified atom stereocenters. The molecule has 1 saturated heterocycles. The molecule has 5 nitrogen and oxygen atoms in total. The first-order valence-electron chi connectivity index (χ1n) is 7.59. The van der Waals surface area contributed by atoms with E-state index in [1.807, 2.05) is 18.2 Å². The monoisotopic (exact) mass is 293 g/mol. The van der Waals surface area contributed by atoms with Gasteiger partial charge in [-0.3, -0.25) is 16.2 Å². The molecular formula is C16H27N3O2. The van der Waals surface area contributed by atoms with Crippen molar-refractivity contribution in [3.63, 3.8) is 0 Å². The minimum Gasteiger partial charge on any atom is -0.496 e. The predicted octanol–water partition coefficient (Wildman–Crippen LogP) is 1.18. The average molecular weight is 293 g/mol. The number of ether oxygens (including phenoxy) is 2. The molecule has 0 spiro atoms. The summed E-state index contributed by atoms with van der Waals surface area (Å²) < 4.78 is 11.3. The molecule has 5 heteroatoms. The summed E-state index contributed by atoms with van der Waals surface area (Å²) in [6, 6.07) is 8.65. The van der Waals surface area contributed by atoms with Crippen LogP contribution in [0.5, 0.6) is 5.75 Å². The molecular weight excluding hydrogens is 266 g/mol. The smallest absolute Gasteiger partial charge is 0.122 e. The normalized spacial score (nSPS) is 21.5. The zero-order valence-electron chi connectivity index (χ0n) is 13.2. The molecule has 1 aliphatic rings. The van der Waals surface area contributed by atoms with Gasteiger partial charge in [-0.05, 0) is 31.9 Å². The van der Waals surface area contributed by atoms with Gasteiger partial charge >= 0.3 is 0 Å². The van der Waals surface area contributed by atoms with E-state index >= 15 is 0 Å². The van der Waals surface area contributed by atoms with Gasteiger partial charge in [0.25, 0.3) is 0 Å². The van der Waals surface area contributed by atoms with E-state index in [1.54, 1.807) is 7.11 Å². The second-order valence-corrected chi connectivity index (χ2v) is 5.79. The molecule has 1 aromatic rings. The van der Waals surface area contributed by atoms with Gasteiger partial charge in [0.1, 0.15) is 5.75 Å². The van der Waals surface area contributed by atoms with Crippen molar-refractivity contribution in [1.82, 2.24) is 10.3 Å². The Labute approximate surface area is 127 Å². The van der Waals surface area contributed by atoms with Gasteiger partial charge < -0.3 is 9.47 Å². The van der Waals surface area contributed by atoms with E-state index in [-0.39, 0.29) is 12.1 Å². The molecule has 3 N–H and O–H groups in total. The SMILES string of the molecule is COc1ccccc1CC(NN)C1CN(C(C)C)CCO1. The van der Waals surface area contributed by atoms with Crippen molar-refractivity contribution in [1.29, 1.82) is 0 Å². The van der Waals surface area contributed by atoms with E-state index in [9.17, 15) is 0 Å². The number of hydrogen-bond donors (Lipinski definition) is 2. The van der Waals surface area contributed by atoms with Crippen molar-refractivity contribution in [2.75, 3.05) is 26.8 Å². The Kier molecular flexibility index (Phi) is 5.99. The third kappa shape index (κ3) is 4.17. The molecule has 1 fully saturated rings. The molecule has 0 aliphatic carbocycles. The third-order valence-corrected chi connectivity index (χ3v) is 4.15. The van der Waals surface area contributed by atoms with E-state index in [0.717, 1.165) is 37.4 Å². The van der Waals surface area contributed by atoms with Crippen molar-refractivity contribution in [2.24, 2.45) is 5.84 Å². The maximum atomic E-state index is 5.93. The van der Waals surface area contributed by atoms with Gasteiger partial charge in [0, 0.05) is 19.1 Å². The molecule has 118 valence electrons. The number of para-hydroxylation sites is 1. The first kappa shape index (κ1) is 16.2. The number of morpholine rings is 1. The van der Waals surface area contributed by atoms with E-state index in [1.165, 1.54) is 0 Å². The minimum absolute atomic E-state index is 0.0721. The molecule has 0 bridgehead atoms. The lowest BCUT2D eigenvalue weighted by Crippen LogP contribution is -2.56. The van der Waals surface area contributed by atoms with E-state index in [2.05, 4.69) is 30.2 Å². The van der Waals surface area contributed by atoms with Gasteiger partial charge in [0.2, 0.25) is 0 Å². The highest BCUT2D eigenvalue weighted by molar-refractivity contribution is 5.34. The largest absolute Gasteiger partial charge is 0.496 e. The predicted molar refractivity (Wildman–Crippen MR) is 84.3 cm³/mol. The summed E-state index contributed by atoms with van der Waals surface area (Å²) in [7, 11) is 1.70. The molecule has 0 aromatic heterocycles. The van der Waals surface area contributed by atoms with Crippen LogP contribution in [-0.2, 0) is 11.2 Å². The lowest BCUT2D eigenvalue weighted by Gasteiger charge is -2.38. The van der Waals surface area contributed by atoms with Gasteiger partial charge in [-0.15, -0.1) is 0 Å². The number of hydrazine groups is 1. The molecule has 2 atom stereocenters. The standard InChI is InChI=1S/C16H27N3O2/c1-12(2)19-8-9-21-16(11-19)14(18-17)10-13-6-4-5-7-15(13)20-3/h4-7,12,14,16,18H,8-11,17H2,1-3H3. The number of nitrogens with two attached hydrogens (primary N) is 1. The highest BCUT2D eigenvalue weighted by Gasteiger charge is 2.29. The molecule has 0 radical (unpaired) electrons. The summed E-state index contributed by atoms with van der Waals surface area (Å²) in [5, 5.41) is 0. The number of rotatable bonds is 6. The molecule has 0 amide bonds. The van der Waals surface area contributed by atoms with Crippen LogP contribution in [0.1, 0.15) is 19.4 Å². The first-order chi connectivity index (χ1) is 10.2. The highest BCUT2D eigenvalue weighted by Crippen LogP contribution is 2.21. The second kappa shape index (κ2) is 7.75. The fourth-order valence-electron chi connectivity index (χ4n) is 2.82. The van der Waals surface area contributed by atoms with Crippen LogP contribution in [0, 0.1) is 0 Å². The summed E-state index contributed by atoms with van der Waals surface area (Å²) >= 11 is 0. The fraction of sp³-hybridized carbons (Fsp3) is 0.625. The topological polar surface area (TPSA) is 59.8 Å². The molecule has 1 aromatic carbocycles. The van der Waals surface area contributed by atoms with Crippen LogP contribution in [0.25, 0.3) is 0 Å². The zero-order valence-corrected chi connectivity index (χ0v) is 13.2. The Bertz CT molecular complexity index is 439. The minimum atomic E-state index is 0.0721. The lowest BCUT2D eigenvalue weighted by molar-refractivity contribution is -0.0553. The van der Waals surface area contributed by atoms with E-state index in [4.69, 9.17) is 15.3 Å². The van der Waals surface area contributed by atoms with Crippen LogP contribution in [0.3, 0.4) is 0 Å². The maximum absolute atomic E-state index is 5.93. The van der Waals surface area contributed by atoms with Crippen LogP contribution < -0.4 is 16.0 Å². The number of nitrogens with zero attached hydrogens (tertiary/aromatic N) is 1. The number of hydrogen-bond acceptors (Lipinski definition) is 5. The molecule has 0 saturated carbocycles. The van der Waals surface area contributed by atoms with Gasteiger partial charge in [0.15, 0.2) is 0 Å². The first-order valence-corrected chi connectivity index (χ1v) is 7.59. The number of methoxy groups -OCH3 is 1. The molecule has 1 aliphatic heterocycles. The maximum Gasteiger partial charge on any atom is 0.122 e. The van der Waals surface area contributed by atoms with Crippen LogP contribution in [-0.4, -0.2) is 49.9 Å². The Morgan fingerprint density at radius 3 is 2.86 bits per heavy atom. The van der Waals surface area contributed by atoms with Crippen molar-refractivity contribution in [2.45, 2.75) is 38.5 Å². The van der Waals surface area contributed by atoms with Crippen LogP contribution >= 0.6 is 0 Å². The summed E-state index contributed by atoms with van der Waals surface area (Å²) in [6.07, 6.45) is 0.882. The Morgan fingerprint density at radius 1 is 1.43 bits per heavy atom. The third-order valence-electron chi connectivity index (χ3n) is 4.15. The average Bonchev–Trinajstić information content (AvgIpc) is 2.53. The summed E-state index contributed by atoms with van der Waals surface area (Å²) in [5.74, 6) is 6.67. The van der Waals surface area contributed by atoms with Gasteiger partial charge in [0.05, 0.1) is 25.9 Å². The second-order valence-electron chi connectivity index (χ2n) is 5.79. The summed E-state index contributed by atoms with van der Waals surface area (Å²) in [6.45, 7) is 7.08. The van der Waals surface area contributed by atoms with E-state index in [0.29, 0.717) is 6.04 Å². The zero-order chi connectivity index (χ0) is 15.2. The molecule has 21 heavy (non-hydrogen) atoms. The van der Waals surface area contributed by atoms with Crippen LogP contribution in [0.15, 0.2) is 24.3 Å². The summed E-state index contributed by atoms with van der Waals surface area (Å²) in [4.78, 5) is 2.43. The van der Waals surface area contributed by atoms with Crippen molar-refractivity contribution in [3.05, 3.63) is 29.8 Å². The van der Waals surface area contributed by atoms with Crippen LogP contribution in [0.2, 0.25) is 0 Å². The summed E-state index contributed by atoms with van der Waals surface area (Å²) in [5.41, 5.74) is 4.07. The highest BCUT2D eigenvalue weighted by atomic mass is 16.5. The number of nitrogens with one attached hydrogen (secondary N) is 1. The molecule has 1 heterocycles. The van der Waals surface area contributed by atoms with Crippen molar-refractivity contribution in [3.8, 4) is 5.75 Å². The Balaban J connectivity index is 2.05. The Morgan fingerprint density at radius 2 is 2.19 bits per heavy atom. The number of benzene rings is 1. The van der Waals surface area contributed by atoms with Gasteiger partial charge in [-0.25, -0.2) is 0 Å². The Hall–Kier alpha value is -1.14. The fourth-order valence-corrected chi connectivity index (χ4v) is 2.82.